The Kier molecular flexibility index (Phi) is 9.49. The second-order valence-electron chi connectivity index (χ2n) is 9.76. The zero-order chi connectivity index (χ0) is 29.6. The monoisotopic (exact) mass is 584 g/mol. The number of hydrogen-bond acceptors (Lipinski definition) is 8. The van der Waals surface area contributed by atoms with E-state index in [2.05, 4.69) is 20.6 Å². The Morgan fingerprint density at radius 3 is 2.41 bits per heavy atom. The van der Waals surface area contributed by atoms with Gasteiger partial charge in [-0.05, 0) is 30.2 Å². The predicted molar refractivity (Wildman–Crippen MR) is 153 cm³/mol. The lowest BCUT2D eigenvalue weighted by Crippen LogP contribution is -2.41. The molecule has 3 aromatic rings. The lowest BCUT2D eigenvalue weighted by molar-refractivity contribution is -0.142. The standard InChI is InChI=1S/C29H31ClF2N6O3/c1-18(27(40)41-2)36-26(39)23-17-35-28(38-14-12-29(31,32)13-15-38)37-25(23)34-16-22(19-6-4-3-5-7-19)24(33)20-8-10-21(30)11-9-20/h3-11,17-18,22,33H,12-16H2,1-2H3,(H,36,39)(H,34,35,37). The number of ether oxygens (including phenoxy) is 1. The van der Waals surface area contributed by atoms with E-state index in [9.17, 15) is 18.4 Å². The average molecular weight is 585 g/mol. The highest BCUT2D eigenvalue weighted by Gasteiger charge is 2.35. The SMILES string of the molecule is COC(=O)C(C)NC(=O)c1cnc(N2CCC(F)(F)CC2)nc1NCC(C(=N)c1ccc(Cl)cc1)c1ccccc1. The molecule has 1 aromatic heterocycles. The van der Waals surface area contributed by atoms with E-state index in [4.69, 9.17) is 21.7 Å². The first-order valence-corrected chi connectivity index (χ1v) is 13.5. The molecule has 3 N–H and O–H groups in total. The van der Waals surface area contributed by atoms with E-state index in [0.717, 1.165) is 5.56 Å². The van der Waals surface area contributed by atoms with Gasteiger partial charge in [0.25, 0.3) is 11.8 Å². The van der Waals surface area contributed by atoms with Crippen LogP contribution in [-0.4, -0.2) is 66.3 Å². The fourth-order valence-electron chi connectivity index (χ4n) is 4.47. The molecule has 2 atom stereocenters. The topological polar surface area (TPSA) is 120 Å². The molecule has 1 aliphatic rings. The molecule has 216 valence electrons. The maximum absolute atomic E-state index is 13.8. The lowest BCUT2D eigenvalue weighted by atomic mass is 9.90. The van der Waals surface area contributed by atoms with Crippen molar-refractivity contribution in [3.63, 3.8) is 0 Å². The molecule has 9 nitrogen and oxygen atoms in total. The maximum atomic E-state index is 13.8. The van der Waals surface area contributed by atoms with E-state index in [0.29, 0.717) is 16.3 Å². The molecule has 2 aromatic carbocycles. The van der Waals surface area contributed by atoms with Gasteiger partial charge in [0, 0.05) is 55.3 Å². The average Bonchev–Trinajstić information content (AvgIpc) is 2.97. The van der Waals surface area contributed by atoms with Gasteiger partial charge < -0.3 is 25.7 Å². The molecule has 41 heavy (non-hydrogen) atoms. The number of amides is 1. The number of hydrogen-bond donors (Lipinski definition) is 3. The van der Waals surface area contributed by atoms with Gasteiger partial charge >= 0.3 is 5.97 Å². The predicted octanol–water partition coefficient (Wildman–Crippen LogP) is 4.92. The van der Waals surface area contributed by atoms with Gasteiger partial charge in [0.15, 0.2) is 0 Å². The summed E-state index contributed by atoms with van der Waals surface area (Å²) in [6, 6.07) is 15.5. The number of halogens is 3. The van der Waals surface area contributed by atoms with Crippen LogP contribution in [0.1, 0.15) is 47.2 Å². The first-order chi connectivity index (χ1) is 19.6. The van der Waals surface area contributed by atoms with Gasteiger partial charge in [0.2, 0.25) is 5.95 Å². The number of nitrogens with zero attached hydrogens (tertiary/aromatic N) is 3. The molecule has 1 saturated heterocycles. The number of benzene rings is 2. The number of anilines is 2. The van der Waals surface area contributed by atoms with Gasteiger partial charge in [-0.1, -0.05) is 54.1 Å². The van der Waals surface area contributed by atoms with Crippen molar-refractivity contribution in [3.8, 4) is 0 Å². The number of carbonyl (C=O) groups excluding carboxylic acids is 2. The fourth-order valence-corrected chi connectivity index (χ4v) is 4.60. The number of rotatable bonds is 10. The van der Waals surface area contributed by atoms with Crippen LogP contribution in [0.3, 0.4) is 0 Å². The van der Waals surface area contributed by atoms with Crippen molar-refractivity contribution in [2.45, 2.75) is 37.6 Å². The van der Waals surface area contributed by atoms with Crippen LogP contribution in [0, 0.1) is 5.41 Å². The Balaban J connectivity index is 1.65. The number of piperidine rings is 1. The molecular formula is C29H31ClF2N6O3. The lowest BCUT2D eigenvalue weighted by Gasteiger charge is -2.32. The van der Waals surface area contributed by atoms with Gasteiger partial charge in [-0.25, -0.2) is 18.6 Å². The summed E-state index contributed by atoms with van der Waals surface area (Å²) in [5.41, 5.74) is 1.90. The fraction of sp³-hybridized carbons (Fsp3) is 0.345. The normalized spacial score (nSPS) is 15.9. The summed E-state index contributed by atoms with van der Waals surface area (Å²) >= 11 is 6.05. The van der Waals surface area contributed by atoms with E-state index >= 15 is 0 Å². The number of carbonyl (C=O) groups is 2. The zero-order valence-electron chi connectivity index (χ0n) is 22.7. The minimum Gasteiger partial charge on any atom is -0.467 e. The molecule has 2 heterocycles. The Labute approximate surface area is 241 Å². The van der Waals surface area contributed by atoms with E-state index in [-0.39, 0.29) is 49.8 Å². The Bertz CT molecular complexity index is 1380. The van der Waals surface area contributed by atoms with Crippen LogP contribution in [0.4, 0.5) is 20.5 Å². The third kappa shape index (κ3) is 7.55. The molecule has 1 amide bonds. The summed E-state index contributed by atoms with van der Waals surface area (Å²) in [7, 11) is 1.22. The highest BCUT2D eigenvalue weighted by atomic mass is 35.5. The maximum Gasteiger partial charge on any atom is 0.328 e. The van der Waals surface area contributed by atoms with Crippen LogP contribution in [0.5, 0.6) is 0 Å². The molecule has 4 rings (SSSR count). The van der Waals surface area contributed by atoms with Gasteiger partial charge in [-0.15, -0.1) is 0 Å². The summed E-state index contributed by atoms with van der Waals surface area (Å²) < 4.78 is 32.2. The molecular weight excluding hydrogens is 554 g/mol. The molecule has 1 aliphatic heterocycles. The van der Waals surface area contributed by atoms with Crippen molar-refractivity contribution >= 4 is 41.0 Å². The highest BCUT2D eigenvalue weighted by molar-refractivity contribution is 6.30. The van der Waals surface area contributed by atoms with E-state index in [1.165, 1.54) is 20.2 Å². The van der Waals surface area contributed by atoms with Gasteiger partial charge in [0.05, 0.1) is 7.11 Å². The summed E-state index contributed by atoms with van der Waals surface area (Å²) in [4.78, 5) is 35.5. The number of nitrogens with one attached hydrogen (secondary N) is 3. The molecule has 12 heteroatoms. The van der Waals surface area contributed by atoms with Crippen LogP contribution >= 0.6 is 11.6 Å². The number of esters is 1. The van der Waals surface area contributed by atoms with Gasteiger partial charge in [0.1, 0.15) is 17.4 Å². The third-order valence-corrected chi connectivity index (χ3v) is 7.13. The van der Waals surface area contributed by atoms with Crippen molar-refractivity contribution < 1.29 is 23.1 Å². The number of alkyl halides is 2. The summed E-state index contributed by atoms with van der Waals surface area (Å²) in [5.74, 6) is -4.09. The van der Waals surface area contributed by atoms with Gasteiger partial charge in [-0.3, -0.25) is 4.79 Å². The van der Waals surface area contributed by atoms with Crippen molar-refractivity contribution in [1.29, 1.82) is 5.41 Å². The van der Waals surface area contributed by atoms with Crippen molar-refractivity contribution in [3.05, 3.63) is 82.5 Å². The largest absolute Gasteiger partial charge is 0.467 e. The molecule has 1 fully saturated rings. The summed E-state index contributed by atoms with van der Waals surface area (Å²) in [6.07, 6.45) is 0.650. The van der Waals surface area contributed by atoms with E-state index in [1.54, 1.807) is 29.2 Å². The van der Waals surface area contributed by atoms with E-state index < -0.39 is 29.8 Å². The second-order valence-corrected chi connectivity index (χ2v) is 10.2. The van der Waals surface area contributed by atoms with Crippen molar-refractivity contribution in [2.75, 3.05) is 37.0 Å². The van der Waals surface area contributed by atoms with Crippen molar-refractivity contribution in [2.24, 2.45) is 0 Å². The number of aromatic nitrogens is 2. The smallest absolute Gasteiger partial charge is 0.328 e. The van der Waals surface area contributed by atoms with Crippen LogP contribution < -0.4 is 15.5 Å². The third-order valence-electron chi connectivity index (χ3n) is 6.88. The number of methoxy groups -OCH3 is 1. The van der Waals surface area contributed by atoms with Crippen LogP contribution in [-0.2, 0) is 9.53 Å². The summed E-state index contributed by atoms with van der Waals surface area (Å²) in [5, 5.41) is 15.3. The minimum absolute atomic E-state index is 0.0525. The summed E-state index contributed by atoms with van der Waals surface area (Å²) in [6.45, 7) is 1.78. The first-order valence-electron chi connectivity index (χ1n) is 13.1. The molecule has 0 bridgehead atoms. The zero-order valence-corrected chi connectivity index (χ0v) is 23.4. The molecule has 0 aliphatic carbocycles. The molecule has 2 unspecified atom stereocenters. The Hall–Kier alpha value is -4.12. The quantitative estimate of drug-likeness (QED) is 0.228. The van der Waals surface area contributed by atoms with Crippen LogP contribution in [0.2, 0.25) is 5.02 Å². The van der Waals surface area contributed by atoms with E-state index in [1.807, 2.05) is 30.3 Å². The van der Waals surface area contributed by atoms with Crippen LogP contribution in [0.25, 0.3) is 0 Å². The molecule has 0 spiro atoms. The Morgan fingerprint density at radius 1 is 1.12 bits per heavy atom. The van der Waals surface area contributed by atoms with Crippen molar-refractivity contribution in [1.82, 2.24) is 15.3 Å². The van der Waals surface area contributed by atoms with Crippen LogP contribution in [0.15, 0.2) is 60.8 Å². The molecule has 0 radical (unpaired) electrons. The molecule has 0 saturated carbocycles. The first kappa shape index (κ1) is 29.9. The Morgan fingerprint density at radius 2 is 1.78 bits per heavy atom. The highest BCUT2D eigenvalue weighted by Crippen LogP contribution is 2.30. The minimum atomic E-state index is -2.74. The van der Waals surface area contributed by atoms with Gasteiger partial charge in [-0.2, -0.15) is 4.98 Å². The second kappa shape index (κ2) is 13.0.